The summed E-state index contributed by atoms with van der Waals surface area (Å²) in [6.45, 7) is 5.04. The molecule has 6 heteroatoms. The van der Waals surface area contributed by atoms with E-state index < -0.39 is 5.54 Å². The first-order chi connectivity index (χ1) is 9.48. The Hall–Kier alpha value is -1.53. The molecule has 1 saturated carbocycles. The van der Waals surface area contributed by atoms with Crippen molar-refractivity contribution in [2.45, 2.75) is 38.5 Å². The van der Waals surface area contributed by atoms with E-state index in [0.717, 1.165) is 12.1 Å². The molecule has 20 heavy (non-hydrogen) atoms. The minimum Gasteiger partial charge on any atom is -0.377 e. The molecule has 3 unspecified atom stereocenters. The second-order valence-corrected chi connectivity index (χ2v) is 6.17. The third-order valence-corrected chi connectivity index (χ3v) is 4.89. The van der Waals surface area contributed by atoms with Gasteiger partial charge in [0, 0.05) is 24.1 Å². The highest BCUT2D eigenvalue weighted by atomic mass is 16.5. The number of nitrogens with two attached hydrogens (primary N) is 1. The fraction of sp³-hybridized carbons (Fsp3) is 0.643. The van der Waals surface area contributed by atoms with Gasteiger partial charge in [0.2, 0.25) is 5.91 Å². The second kappa shape index (κ2) is 4.49. The average molecular weight is 276 g/mol. The normalized spacial score (nSPS) is 34.1. The smallest absolute Gasteiger partial charge is 0.241 e. The maximum absolute atomic E-state index is 12.5. The summed E-state index contributed by atoms with van der Waals surface area (Å²) >= 11 is 0. The van der Waals surface area contributed by atoms with E-state index in [1.807, 2.05) is 19.9 Å². The van der Waals surface area contributed by atoms with Crippen molar-refractivity contribution in [3.63, 3.8) is 0 Å². The fourth-order valence-corrected chi connectivity index (χ4v) is 3.59. The van der Waals surface area contributed by atoms with Crippen molar-refractivity contribution in [2.75, 3.05) is 6.61 Å². The van der Waals surface area contributed by atoms with Crippen LogP contribution in [0.15, 0.2) is 18.3 Å². The number of aromatic nitrogens is 2. The second-order valence-electron chi connectivity index (χ2n) is 6.17. The first kappa shape index (κ1) is 13.5. The van der Waals surface area contributed by atoms with Gasteiger partial charge in [-0.1, -0.05) is 13.8 Å². The number of carbonyl (C=O) groups excluding carboxylic acids is 1. The van der Waals surface area contributed by atoms with Gasteiger partial charge in [-0.2, -0.15) is 10.2 Å². The number of carbonyl (C=O) groups is 1. The summed E-state index contributed by atoms with van der Waals surface area (Å²) in [5, 5.41) is 10.6. The Morgan fingerprint density at radius 1 is 1.60 bits per heavy atom. The van der Waals surface area contributed by atoms with Crippen LogP contribution in [0.2, 0.25) is 0 Å². The van der Waals surface area contributed by atoms with Crippen LogP contribution in [-0.2, 0) is 16.1 Å². The van der Waals surface area contributed by atoms with Crippen LogP contribution in [0, 0.1) is 11.3 Å². The van der Waals surface area contributed by atoms with Gasteiger partial charge in [0.25, 0.3) is 0 Å². The highest BCUT2D eigenvalue weighted by Gasteiger charge is 2.71. The monoisotopic (exact) mass is 276 g/mol. The number of amides is 1. The molecule has 3 N–H and O–H groups in total. The van der Waals surface area contributed by atoms with Gasteiger partial charge < -0.3 is 15.8 Å². The van der Waals surface area contributed by atoms with Gasteiger partial charge in [-0.3, -0.25) is 4.79 Å². The van der Waals surface area contributed by atoms with Gasteiger partial charge in [-0.05, 0) is 18.6 Å². The van der Waals surface area contributed by atoms with Crippen molar-refractivity contribution in [1.29, 1.82) is 0 Å². The summed E-state index contributed by atoms with van der Waals surface area (Å²) in [6.07, 6.45) is 2.55. The third-order valence-electron chi connectivity index (χ3n) is 4.89. The van der Waals surface area contributed by atoms with Crippen LogP contribution < -0.4 is 11.1 Å². The molecule has 2 aliphatic rings. The molecule has 0 aromatic carbocycles. The molecule has 3 rings (SSSR count). The van der Waals surface area contributed by atoms with E-state index >= 15 is 0 Å². The highest BCUT2D eigenvalue weighted by molar-refractivity contribution is 5.89. The molecule has 6 nitrogen and oxygen atoms in total. The molecule has 2 fully saturated rings. The largest absolute Gasteiger partial charge is 0.377 e. The van der Waals surface area contributed by atoms with E-state index in [1.54, 1.807) is 12.3 Å². The average Bonchev–Trinajstić information content (AvgIpc) is 2.93. The number of ether oxygens (including phenoxy) is 1. The quantitative estimate of drug-likeness (QED) is 0.825. The predicted octanol–water partition coefficient (Wildman–Crippen LogP) is 0.235. The first-order valence-electron chi connectivity index (χ1n) is 6.93. The third kappa shape index (κ3) is 1.68. The van der Waals surface area contributed by atoms with Crippen molar-refractivity contribution in [3.8, 4) is 0 Å². The summed E-state index contributed by atoms with van der Waals surface area (Å²) in [5.74, 6) is -0.0146. The van der Waals surface area contributed by atoms with Crippen molar-refractivity contribution in [2.24, 2.45) is 17.1 Å². The van der Waals surface area contributed by atoms with Gasteiger partial charge in [0.1, 0.15) is 5.54 Å². The highest BCUT2D eigenvalue weighted by Crippen LogP contribution is 2.58. The van der Waals surface area contributed by atoms with Crippen LogP contribution in [0.1, 0.15) is 26.0 Å². The first-order valence-corrected chi connectivity index (χ1v) is 6.93. The lowest BCUT2D eigenvalue weighted by atomic mass is 9.48. The lowest BCUT2D eigenvalue weighted by Gasteiger charge is -2.60. The van der Waals surface area contributed by atoms with Gasteiger partial charge in [0.05, 0.1) is 18.3 Å². The van der Waals surface area contributed by atoms with Crippen LogP contribution in [0.3, 0.4) is 0 Å². The zero-order chi connectivity index (χ0) is 14.4. The molecule has 108 valence electrons. The Labute approximate surface area is 118 Å². The molecular weight excluding hydrogens is 256 g/mol. The van der Waals surface area contributed by atoms with E-state index in [2.05, 4.69) is 15.5 Å². The molecule has 2 heterocycles. The Bertz CT molecular complexity index is 519. The zero-order valence-electron chi connectivity index (χ0n) is 11.8. The lowest BCUT2D eigenvalue weighted by Crippen LogP contribution is -2.80. The van der Waals surface area contributed by atoms with E-state index in [-0.39, 0.29) is 23.3 Å². The molecule has 1 aliphatic heterocycles. The Morgan fingerprint density at radius 2 is 2.40 bits per heavy atom. The standard InChI is InChI=1S/C14H20N4O2/c1-13(2)11-10(5-7-20-11)14(13,15)12(19)16-8-9-4-3-6-17-18-9/h3-4,6,10-11H,5,7-8,15H2,1-2H3,(H,16,19). The Kier molecular flexibility index (Phi) is 3.02. The van der Waals surface area contributed by atoms with Crippen LogP contribution in [0.25, 0.3) is 0 Å². The van der Waals surface area contributed by atoms with Crippen molar-refractivity contribution in [3.05, 3.63) is 24.0 Å². The number of nitrogens with zero attached hydrogens (tertiary/aromatic N) is 2. The molecule has 1 aliphatic carbocycles. The molecule has 3 atom stereocenters. The molecular formula is C14H20N4O2. The summed E-state index contributed by atoms with van der Waals surface area (Å²) in [6, 6.07) is 3.62. The topological polar surface area (TPSA) is 90.1 Å². The summed E-state index contributed by atoms with van der Waals surface area (Å²) in [7, 11) is 0. The fourth-order valence-electron chi connectivity index (χ4n) is 3.59. The molecule has 1 aromatic rings. The van der Waals surface area contributed by atoms with Gasteiger partial charge in [-0.25, -0.2) is 0 Å². The van der Waals surface area contributed by atoms with E-state index in [0.29, 0.717) is 13.2 Å². The SMILES string of the molecule is CC1(C)C2OCCC2C1(N)C(=O)NCc1cccnn1. The molecule has 1 amide bonds. The predicted molar refractivity (Wildman–Crippen MR) is 72.4 cm³/mol. The lowest BCUT2D eigenvalue weighted by molar-refractivity contribution is -0.175. The summed E-state index contributed by atoms with van der Waals surface area (Å²) in [4.78, 5) is 12.5. The molecule has 0 radical (unpaired) electrons. The van der Waals surface area contributed by atoms with Gasteiger partial charge in [-0.15, -0.1) is 0 Å². The van der Waals surface area contributed by atoms with Crippen molar-refractivity contribution < 1.29 is 9.53 Å². The summed E-state index contributed by atoms with van der Waals surface area (Å²) < 4.78 is 5.69. The zero-order valence-corrected chi connectivity index (χ0v) is 11.8. The number of hydrogen-bond donors (Lipinski definition) is 2. The number of fused-ring (bicyclic) bond motifs is 1. The maximum atomic E-state index is 12.5. The van der Waals surface area contributed by atoms with Crippen LogP contribution in [0.4, 0.5) is 0 Å². The maximum Gasteiger partial charge on any atom is 0.241 e. The van der Waals surface area contributed by atoms with Gasteiger partial charge in [0.15, 0.2) is 0 Å². The van der Waals surface area contributed by atoms with Crippen molar-refractivity contribution >= 4 is 5.91 Å². The van der Waals surface area contributed by atoms with Crippen LogP contribution in [-0.4, -0.2) is 34.4 Å². The number of rotatable bonds is 3. The van der Waals surface area contributed by atoms with Crippen molar-refractivity contribution in [1.82, 2.24) is 15.5 Å². The molecule has 0 bridgehead atoms. The number of nitrogens with one attached hydrogen (secondary N) is 1. The minimum absolute atomic E-state index is 0.0924. The molecule has 0 spiro atoms. The number of hydrogen-bond acceptors (Lipinski definition) is 5. The molecule has 1 saturated heterocycles. The Morgan fingerprint density at radius 3 is 3.10 bits per heavy atom. The minimum atomic E-state index is -0.865. The summed E-state index contributed by atoms with van der Waals surface area (Å²) in [5.41, 5.74) is 5.96. The van der Waals surface area contributed by atoms with Crippen LogP contribution in [0.5, 0.6) is 0 Å². The molecule has 1 aromatic heterocycles. The van der Waals surface area contributed by atoms with Crippen LogP contribution >= 0.6 is 0 Å². The van der Waals surface area contributed by atoms with E-state index in [4.69, 9.17) is 10.5 Å². The van der Waals surface area contributed by atoms with Gasteiger partial charge >= 0.3 is 0 Å². The van der Waals surface area contributed by atoms with E-state index in [1.165, 1.54) is 0 Å². The Balaban J connectivity index is 1.70. The van der Waals surface area contributed by atoms with E-state index in [9.17, 15) is 4.79 Å².